The van der Waals surface area contributed by atoms with Crippen molar-refractivity contribution in [2.75, 3.05) is 11.9 Å². The summed E-state index contributed by atoms with van der Waals surface area (Å²) in [7, 11) is 0. The Morgan fingerprint density at radius 3 is 2.68 bits per heavy atom. The third kappa shape index (κ3) is 3.41. The second-order valence-electron chi connectivity index (χ2n) is 5.27. The van der Waals surface area contributed by atoms with Crippen molar-refractivity contribution in [1.82, 2.24) is 0 Å². The molecule has 1 aromatic carbocycles. The first-order valence-corrected chi connectivity index (χ1v) is 6.50. The lowest BCUT2D eigenvalue weighted by Gasteiger charge is -2.33. The summed E-state index contributed by atoms with van der Waals surface area (Å²) in [4.78, 5) is 0. The molecule has 2 atom stereocenters. The second-order valence-corrected chi connectivity index (χ2v) is 5.27. The lowest BCUT2D eigenvalue weighted by Crippen LogP contribution is -2.36. The van der Waals surface area contributed by atoms with E-state index in [1.807, 2.05) is 0 Å². The predicted octanol–water partition coefficient (Wildman–Crippen LogP) is 3.72. The molecule has 2 rings (SSSR count). The van der Waals surface area contributed by atoms with Gasteiger partial charge in [0.2, 0.25) is 0 Å². The van der Waals surface area contributed by atoms with Gasteiger partial charge in [-0.3, -0.25) is 0 Å². The Morgan fingerprint density at radius 2 is 2.00 bits per heavy atom. The average molecular weight is 273 g/mol. The molecule has 19 heavy (non-hydrogen) atoms. The van der Waals surface area contributed by atoms with E-state index in [1.165, 1.54) is 0 Å². The third-order valence-corrected chi connectivity index (χ3v) is 3.41. The first-order chi connectivity index (χ1) is 8.97. The van der Waals surface area contributed by atoms with Crippen molar-refractivity contribution in [3.8, 4) is 0 Å². The lowest BCUT2D eigenvalue weighted by molar-refractivity contribution is -0.0161. The van der Waals surface area contributed by atoms with E-state index in [0.29, 0.717) is 31.4 Å². The van der Waals surface area contributed by atoms with E-state index in [4.69, 9.17) is 4.74 Å². The van der Waals surface area contributed by atoms with Crippen LogP contribution in [-0.4, -0.2) is 18.8 Å². The number of hydrogen-bond acceptors (Lipinski definition) is 2. The van der Waals surface area contributed by atoms with Gasteiger partial charge in [0.1, 0.15) is 5.82 Å². The minimum atomic E-state index is -1.17. The summed E-state index contributed by atoms with van der Waals surface area (Å²) >= 11 is 0. The van der Waals surface area contributed by atoms with Gasteiger partial charge in [-0.25, -0.2) is 13.2 Å². The molecule has 1 aliphatic rings. The molecule has 1 aliphatic heterocycles. The third-order valence-electron chi connectivity index (χ3n) is 3.41. The van der Waals surface area contributed by atoms with Gasteiger partial charge in [-0.1, -0.05) is 13.8 Å². The van der Waals surface area contributed by atoms with E-state index in [2.05, 4.69) is 19.2 Å². The van der Waals surface area contributed by atoms with Crippen LogP contribution >= 0.6 is 0 Å². The van der Waals surface area contributed by atoms with Crippen LogP contribution < -0.4 is 5.32 Å². The summed E-state index contributed by atoms with van der Waals surface area (Å²) in [6.07, 6.45) is 1.49. The zero-order valence-electron chi connectivity index (χ0n) is 11.1. The fourth-order valence-corrected chi connectivity index (χ4v) is 2.30. The molecule has 0 spiro atoms. The van der Waals surface area contributed by atoms with Crippen molar-refractivity contribution in [2.24, 2.45) is 5.92 Å². The van der Waals surface area contributed by atoms with E-state index in [1.54, 1.807) is 0 Å². The van der Waals surface area contributed by atoms with Gasteiger partial charge in [0, 0.05) is 24.8 Å². The molecule has 1 saturated heterocycles. The Hall–Kier alpha value is -1.23. The summed E-state index contributed by atoms with van der Waals surface area (Å²) in [5.74, 6) is -2.63. The van der Waals surface area contributed by atoms with Crippen LogP contribution in [0.1, 0.15) is 26.7 Å². The number of ether oxygens (including phenoxy) is 1. The molecule has 0 bridgehead atoms. The molecule has 106 valence electrons. The summed E-state index contributed by atoms with van der Waals surface area (Å²) in [5, 5.41) is 2.88. The minimum absolute atomic E-state index is 0.0307. The standard InChI is InChI=1S/C14H18F3NO/c1-8(2)13-7-10(3-4-19-13)18-12-6-9(15)5-11(16)14(12)17/h5-6,8,10,13,18H,3-4,7H2,1-2H3. The van der Waals surface area contributed by atoms with Gasteiger partial charge in [0.05, 0.1) is 11.8 Å². The molecule has 1 fully saturated rings. The smallest absolute Gasteiger partial charge is 0.182 e. The van der Waals surface area contributed by atoms with Crippen molar-refractivity contribution >= 4 is 5.69 Å². The van der Waals surface area contributed by atoms with Gasteiger partial charge in [0.25, 0.3) is 0 Å². The van der Waals surface area contributed by atoms with E-state index in [-0.39, 0.29) is 17.8 Å². The molecule has 5 heteroatoms. The normalized spacial score (nSPS) is 23.7. The zero-order chi connectivity index (χ0) is 14.0. The van der Waals surface area contributed by atoms with Crippen LogP contribution in [0.15, 0.2) is 12.1 Å². The minimum Gasteiger partial charge on any atom is -0.380 e. The topological polar surface area (TPSA) is 21.3 Å². The van der Waals surface area contributed by atoms with Crippen LogP contribution in [0.2, 0.25) is 0 Å². The lowest BCUT2D eigenvalue weighted by atomic mass is 9.95. The maximum absolute atomic E-state index is 13.6. The highest BCUT2D eigenvalue weighted by atomic mass is 19.2. The van der Waals surface area contributed by atoms with Gasteiger partial charge in [-0.05, 0) is 18.8 Å². The van der Waals surface area contributed by atoms with E-state index < -0.39 is 17.5 Å². The quantitative estimate of drug-likeness (QED) is 0.847. The maximum Gasteiger partial charge on any atom is 0.182 e. The Kier molecular flexibility index (Phi) is 4.34. The number of anilines is 1. The molecule has 2 nitrogen and oxygen atoms in total. The van der Waals surface area contributed by atoms with E-state index >= 15 is 0 Å². The molecule has 0 saturated carbocycles. The van der Waals surface area contributed by atoms with Crippen LogP contribution in [0.5, 0.6) is 0 Å². The highest BCUT2D eigenvalue weighted by Crippen LogP contribution is 2.25. The largest absolute Gasteiger partial charge is 0.380 e. The molecular weight excluding hydrogens is 255 g/mol. The first-order valence-electron chi connectivity index (χ1n) is 6.50. The van der Waals surface area contributed by atoms with Crippen LogP contribution in [0.3, 0.4) is 0 Å². The Labute approximate surface area is 111 Å². The van der Waals surface area contributed by atoms with Crippen LogP contribution in [0, 0.1) is 23.4 Å². The van der Waals surface area contributed by atoms with Gasteiger partial charge >= 0.3 is 0 Å². The first kappa shape index (κ1) is 14.2. The molecule has 2 unspecified atom stereocenters. The number of rotatable bonds is 3. The van der Waals surface area contributed by atoms with Crippen molar-refractivity contribution in [3.63, 3.8) is 0 Å². The van der Waals surface area contributed by atoms with Gasteiger partial charge in [-0.2, -0.15) is 0 Å². The molecular formula is C14H18F3NO. The SMILES string of the molecule is CC(C)C1CC(Nc2cc(F)cc(F)c2F)CCO1. The van der Waals surface area contributed by atoms with Gasteiger partial charge in [-0.15, -0.1) is 0 Å². The molecule has 1 heterocycles. The summed E-state index contributed by atoms with van der Waals surface area (Å²) in [6.45, 7) is 4.67. The Balaban J connectivity index is 2.09. The van der Waals surface area contributed by atoms with Crippen molar-refractivity contribution < 1.29 is 17.9 Å². The molecule has 1 aromatic rings. The highest BCUT2D eigenvalue weighted by Gasteiger charge is 2.25. The monoisotopic (exact) mass is 273 g/mol. The van der Waals surface area contributed by atoms with Crippen molar-refractivity contribution in [3.05, 3.63) is 29.6 Å². The van der Waals surface area contributed by atoms with Crippen LogP contribution in [0.25, 0.3) is 0 Å². The number of benzene rings is 1. The summed E-state index contributed by atoms with van der Waals surface area (Å²) < 4.78 is 45.4. The van der Waals surface area contributed by atoms with Crippen LogP contribution in [0.4, 0.5) is 18.9 Å². The number of nitrogens with one attached hydrogen (secondary N) is 1. The van der Waals surface area contributed by atoms with Crippen molar-refractivity contribution in [1.29, 1.82) is 0 Å². The number of halogens is 3. The molecule has 0 aliphatic carbocycles. The maximum atomic E-state index is 13.6. The molecule has 0 aromatic heterocycles. The Bertz CT molecular complexity index is 451. The zero-order valence-corrected chi connectivity index (χ0v) is 11.1. The number of hydrogen-bond donors (Lipinski definition) is 1. The second kappa shape index (κ2) is 5.82. The predicted molar refractivity (Wildman–Crippen MR) is 67.5 cm³/mol. The van der Waals surface area contributed by atoms with Gasteiger partial charge in [0.15, 0.2) is 11.6 Å². The highest BCUT2D eigenvalue weighted by molar-refractivity contribution is 5.46. The fourth-order valence-electron chi connectivity index (χ4n) is 2.30. The van der Waals surface area contributed by atoms with Crippen LogP contribution in [-0.2, 0) is 4.74 Å². The Morgan fingerprint density at radius 1 is 1.26 bits per heavy atom. The van der Waals surface area contributed by atoms with Crippen molar-refractivity contribution in [2.45, 2.75) is 38.8 Å². The fraction of sp³-hybridized carbons (Fsp3) is 0.571. The van der Waals surface area contributed by atoms with E-state index in [0.717, 1.165) is 6.07 Å². The summed E-state index contributed by atoms with van der Waals surface area (Å²) in [5.41, 5.74) is -0.119. The molecule has 1 N–H and O–H groups in total. The molecule has 0 radical (unpaired) electrons. The van der Waals surface area contributed by atoms with E-state index in [9.17, 15) is 13.2 Å². The average Bonchev–Trinajstić information content (AvgIpc) is 2.35. The molecule has 0 amide bonds. The summed E-state index contributed by atoms with van der Waals surface area (Å²) in [6, 6.07) is 1.50. The van der Waals surface area contributed by atoms with Gasteiger partial charge < -0.3 is 10.1 Å².